The second-order valence-electron chi connectivity index (χ2n) is 22.6. The smallest absolute Gasteiger partial charge is 0.305 e. The number of guanidine groups is 1. The fraction of sp³-hybridized carbons (Fsp3) is 0.458. The molecule has 34 nitrogen and oxygen atoms in total. The Kier molecular flexibility index (Phi) is 25.7. The van der Waals surface area contributed by atoms with Crippen LogP contribution in [-0.4, -0.2) is 199 Å². The number of nitrogens with zero attached hydrogens (tertiary/aromatic N) is 10. The van der Waals surface area contributed by atoms with E-state index < -0.39 is 109 Å². The highest BCUT2D eigenvalue weighted by Gasteiger charge is 2.35. The fourth-order valence-electron chi connectivity index (χ4n) is 10.9. The number of amides is 7. The zero-order valence-corrected chi connectivity index (χ0v) is 53.7. The van der Waals surface area contributed by atoms with Crippen molar-refractivity contribution in [1.29, 1.82) is 0 Å². The molecule has 2 aliphatic heterocycles. The molecule has 5 aromatic rings. The van der Waals surface area contributed by atoms with Gasteiger partial charge in [0.05, 0.1) is 57.8 Å². The summed E-state index contributed by atoms with van der Waals surface area (Å²) >= 11 is 14.0. The normalized spacial score (nSPS) is 14.1. The first-order chi connectivity index (χ1) is 45.1. The lowest BCUT2D eigenvalue weighted by Gasteiger charge is -2.26. The van der Waals surface area contributed by atoms with Crippen LogP contribution >= 0.6 is 23.2 Å². The van der Waals surface area contributed by atoms with Gasteiger partial charge in [0.2, 0.25) is 29.5 Å². The predicted octanol–water partition coefficient (Wildman–Crippen LogP) is -0.103. The minimum atomic E-state index is -1.95. The van der Waals surface area contributed by atoms with Gasteiger partial charge in [0.1, 0.15) is 24.2 Å². The lowest BCUT2D eigenvalue weighted by atomic mass is 10.0. The van der Waals surface area contributed by atoms with Crippen LogP contribution in [0.1, 0.15) is 107 Å². The number of nitrogens with two attached hydrogens (primary N) is 2. The van der Waals surface area contributed by atoms with Crippen molar-refractivity contribution in [3.05, 3.63) is 92.8 Å². The summed E-state index contributed by atoms with van der Waals surface area (Å²) in [5.74, 6) is -11.9. The molecular weight excluding hydrogens is 1290 g/mol. The monoisotopic (exact) mass is 1360 g/mol. The second-order valence-corrected chi connectivity index (χ2v) is 23.4. The van der Waals surface area contributed by atoms with Crippen LogP contribution in [0.3, 0.4) is 0 Å². The molecular formula is C59H75Cl2N19O15. The van der Waals surface area contributed by atoms with Gasteiger partial charge in [0, 0.05) is 121 Å². The van der Waals surface area contributed by atoms with Crippen LogP contribution in [0.15, 0.2) is 47.6 Å². The van der Waals surface area contributed by atoms with E-state index in [-0.39, 0.29) is 97.2 Å². The second kappa shape index (κ2) is 33.7. The number of fused-ring (bicyclic) bond motifs is 2. The van der Waals surface area contributed by atoms with Gasteiger partial charge >= 0.3 is 23.9 Å². The van der Waals surface area contributed by atoms with Crippen LogP contribution in [0.4, 0.5) is 11.4 Å². The lowest BCUT2D eigenvalue weighted by molar-refractivity contribution is -0.143. The standard InChI is InChI=1S/C59H75Cl2N19O15/c1-76-28-31(74-75-76)16-20-64-53(90)37(25-46(84)85)72-56(93)39(27-48(88)89)73-54(91)36(13-6-19-65-59(62)63)71-55(92)38(26-47(86)87)66-44(81)14-7-21-79-23-17-42-40(29-79)67-51(77(42)2)57(94)69-34-11-4-9-32(49(34)60)33-10-5-12-35(50(33)61)70-58(95)52-68-41-30-80(22-8-15-45(82)83)24-18-43(41)78(52)3/h4-5,9-12,28,36-39H,6-8,13-27,29-30H2,1-3H3,(H,64,90)(H,66,81)(H,69,94)(H,70,95)(H,71,92)(H,72,93)(H,73,91)(H,82,83)(H,84,85)(H,86,87)(H,88,89)(H4,62,63,65)/t36-,37-,38-,39-/m0/s1. The molecule has 95 heavy (non-hydrogen) atoms. The molecule has 0 aliphatic carbocycles. The zero-order chi connectivity index (χ0) is 69.2. The number of aliphatic carboxylic acids is 4. The molecule has 0 saturated carbocycles. The molecule has 3 aromatic heterocycles. The van der Waals surface area contributed by atoms with E-state index in [1.54, 1.807) is 72.9 Å². The van der Waals surface area contributed by atoms with Gasteiger partial charge in [-0.1, -0.05) is 52.7 Å². The summed E-state index contributed by atoms with van der Waals surface area (Å²) in [7, 11) is 5.09. The Hall–Kier alpha value is -10.1. The van der Waals surface area contributed by atoms with E-state index in [4.69, 9.17) is 39.8 Å². The molecule has 0 fully saturated rings. The number of nitrogens with one attached hydrogen (secondary N) is 7. The van der Waals surface area contributed by atoms with E-state index in [0.717, 1.165) is 17.1 Å². The van der Waals surface area contributed by atoms with Crippen LogP contribution in [0.2, 0.25) is 10.0 Å². The number of aromatic nitrogens is 7. The first-order valence-corrected chi connectivity index (χ1v) is 30.9. The predicted molar refractivity (Wildman–Crippen MR) is 340 cm³/mol. The highest BCUT2D eigenvalue weighted by Crippen LogP contribution is 2.40. The fourth-order valence-corrected chi connectivity index (χ4v) is 11.4. The summed E-state index contributed by atoms with van der Waals surface area (Å²) in [6.45, 7) is 2.73. The van der Waals surface area contributed by atoms with Gasteiger partial charge in [-0.25, -0.2) is 9.97 Å². The number of aryl methyl sites for hydroxylation is 1. The van der Waals surface area contributed by atoms with E-state index in [0.29, 0.717) is 74.5 Å². The van der Waals surface area contributed by atoms with Crippen LogP contribution < -0.4 is 48.7 Å². The summed E-state index contributed by atoms with van der Waals surface area (Å²) in [5.41, 5.74) is 15.8. The van der Waals surface area contributed by atoms with E-state index in [9.17, 15) is 68.1 Å². The third-order valence-electron chi connectivity index (χ3n) is 15.6. The number of imidazole rings is 2. The Morgan fingerprint density at radius 1 is 0.600 bits per heavy atom. The summed E-state index contributed by atoms with van der Waals surface area (Å²) in [6.07, 6.45) is 0.172. The molecule has 0 radical (unpaired) electrons. The Bertz CT molecular complexity index is 3750. The first-order valence-electron chi connectivity index (χ1n) is 30.2. The molecule has 510 valence electrons. The number of benzene rings is 2. The molecule has 4 atom stereocenters. The largest absolute Gasteiger partial charge is 0.481 e. The highest BCUT2D eigenvalue weighted by molar-refractivity contribution is 6.40. The Morgan fingerprint density at radius 2 is 1.06 bits per heavy atom. The molecule has 0 saturated heterocycles. The molecule has 0 unspecified atom stereocenters. The van der Waals surface area contributed by atoms with E-state index in [2.05, 4.69) is 67.4 Å². The number of rotatable bonds is 34. The number of halogens is 2. The van der Waals surface area contributed by atoms with Crippen molar-refractivity contribution in [2.24, 2.45) is 37.6 Å². The quantitative estimate of drug-likeness (QED) is 0.0145. The van der Waals surface area contributed by atoms with E-state index >= 15 is 0 Å². The van der Waals surface area contributed by atoms with E-state index in [1.807, 2.05) is 4.90 Å². The van der Waals surface area contributed by atoms with Crippen molar-refractivity contribution in [1.82, 2.24) is 70.5 Å². The van der Waals surface area contributed by atoms with Gasteiger partial charge in [-0.15, -0.1) is 5.10 Å². The number of hydrogen-bond donors (Lipinski definition) is 13. The van der Waals surface area contributed by atoms with Crippen molar-refractivity contribution in [2.75, 3.05) is 49.9 Å². The van der Waals surface area contributed by atoms with Crippen LogP contribution in [0.25, 0.3) is 11.1 Å². The molecule has 0 bridgehead atoms. The number of carbonyl (C=O) groups is 11. The molecule has 2 aromatic carbocycles. The average molecular weight is 1360 g/mol. The molecule has 5 heterocycles. The maximum absolute atomic E-state index is 14.0. The van der Waals surface area contributed by atoms with Gasteiger partial charge in [-0.05, 0) is 50.9 Å². The van der Waals surface area contributed by atoms with Crippen LogP contribution in [0.5, 0.6) is 0 Å². The molecule has 15 N–H and O–H groups in total. The van der Waals surface area contributed by atoms with Gasteiger partial charge < -0.3 is 78.2 Å². The molecule has 0 spiro atoms. The van der Waals surface area contributed by atoms with Crippen molar-refractivity contribution in [3.63, 3.8) is 0 Å². The topological polar surface area (TPSA) is 490 Å². The van der Waals surface area contributed by atoms with Gasteiger partial charge in [-0.3, -0.25) is 72.2 Å². The zero-order valence-electron chi connectivity index (χ0n) is 52.2. The maximum atomic E-state index is 14.0. The van der Waals surface area contributed by atoms with Gasteiger partial charge in [0.15, 0.2) is 17.6 Å². The van der Waals surface area contributed by atoms with Crippen LogP contribution in [0, 0.1) is 0 Å². The number of carboxylic acids is 4. The van der Waals surface area contributed by atoms with E-state index in [1.165, 1.54) is 4.68 Å². The summed E-state index contributed by atoms with van der Waals surface area (Å²) < 4.78 is 4.85. The Balaban J connectivity index is 0.934. The van der Waals surface area contributed by atoms with Gasteiger partial charge in [0.25, 0.3) is 11.8 Å². The summed E-state index contributed by atoms with van der Waals surface area (Å²) in [5, 5.41) is 63.4. The minimum absolute atomic E-state index is 0.0100. The Morgan fingerprint density at radius 3 is 1.53 bits per heavy atom. The summed E-state index contributed by atoms with van der Waals surface area (Å²) in [6, 6.07) is 2.95. The Labute approximate surface area is 552 Å². The van der Waals surface area contributed by atoms with Crippen molar-refractivity contribution >= 4 is 106 Å². The third-order valence-corrected chi connectivity index (χ3v) is 16.4. The molecule has 7 amide bonds. The van der Waals surface area contributed by atoms with Crippen LogP contribution in [-0.2, 0) is 96.6 Å². The molecule has 2 aliphatic rings. The van der Waals surface area contributed by atoms with Crippen molar-refractivity contribution in [3.8, 4) is 11.1 Å². The number of carbonyl (C=O) groups excluding carboxylic acids is 7. The third kappa shape index (κ3) is 20.5. The average Bonchev–Trinajstić information content (AvgIpc) is 1.75. The van der Waals surface area contributed by atoms with Gasteiger partial charge in [-0.2, -0.15) is 0 Å². The number of aliphatic imine (C=N–C) groups is 1. The lowest BCUT2D eigenvalue weighted by Crippen LogP contribution is -2.59. The summed E-state index contributed by atoms with van der Waals surface area (Å²) in [4.78, 5) is 160. The highest BCUT2D eigenvalue weighted by atomic mass is 35.5. The SMILES string of the molecule is Cn1cc(CCNC(=O)[C@H](CC(=O)O)NC(=O)[C@H](CC(=O)O)NC(=O)[C@H](CCCN=C(N)N)NC(=O)[C@H](CC(=O)O)NC(=O)CCCN2CCc3c(nc(C(=O)Nc4cccc(-c5cccc(NC(=O)c6nc7c(n6C)CCN(CCCC(=O)O)C7)c5Cl)c4Cl)n3C)C2)nn1. The number of carboxylic acid groups (broad SMARTS) is 4. The number of anilines is 2. The van der Waals surface area contributed by atoms with Crippen molar-refractivity contribution in [2.45, 2.75) is 114 Å². The van der Waals surface area contributed by atoms with Crippen molar-refractivity contribution < 1.29 is 73.2 Å². The first kappa shape index (κ1) is 72.4. The minimum Gasteiger partial charge on any atom is -0.481 e. The molecule has 7 rings (SSSR count). The number of hydrogen-bond acceptors (Lipinski definition) is 18. The molecule has 36 heteroatoms. The maximum Gasteiger partial charge on any atom is 0.305 e.